The molecule has 4 N–H and O–H groups in total. The zero-order chi connectivity index (χ0) is 25.1. The lowest BCUT2D eigenvalue weighted by atomic mass is 10.0. The number of alkyl halides is 6. The summed E-state index contributed by atoms with van der Waals surface area (Å²) < 4.78 is 77.5. The van der Waals surface area contributed by atoms with E-state index in [9.17, 15) is 31.1 Å². The van der Waals surface area contributed by atoms with Gasteiger partial charge < -0.3 is 11.1 Å². The van der Waals surface area contributed by atoms with E-state index in [1.807, 2.05) is 0 Å². The van der Waals surface area contributed by atoms with Crippen LogP contribution in [0.3, 0.4) is 0 Å². The molecule has 0 saturated carbocycles. The molecule has 1 amide bonds. The van der Waals surface area contributed by atoms with E-state index >= 15 is 0 Å². The summed E-state index contributed by atoms with van der Waals surface area (Å²) in [5.74, 6) is -1.73. The summed E-state index contributed by atoms with van der Waals surface area (Å²) in [6.07, 6.45) is -6.78. The van der Waals surface area contributed by atoms with Crippen LogP contribution in [-0.4, -0.2) is 28.0 Å². The first-order valence-electron chi connectivity index (χ1n) is 9.25. The molecule has 0 bridgehead atoms. The van der Waals surface area contributed by atoms with Crippen LogP contribution in [0.4, 0.5) is 26.3 Å². The number of carbonyl (C=O) groups is 1. The van der Waals surface area contributed by atoms with E-state index in [-0.39, 0.29) is 17.7 Å². The highest BCUT2D eigenvalue weighted by Crippen LogP contribution is 2.33. The van der Waals surface area contributed by atoms with E-state index in [2.05, 4.69) is 20.3 Å². The number of halogens is 6. The fourth-order valence-corrected chi connectivity index (χ4v) is 2.79. The number of amides is 1. The number of aliphatic imine (C=N–C) groups is 1. The van der Waals surface area contributed by atoms with E-state index in [0.29, 0.717) is 11.1 Å². The molecule has 1 aromatic carbocycles. The average Bonchev–Trinajstić information content (AvgIpc) is 2.76. The predicted octanol–water partition coefficient (Wildman–Crippen LogP) is 4.14. The number of nitrogens with zero attached hydrogens (tertiary/aromatic N) is 3. The van der Waals surface area contributed by atoms with Gasteiger partial charge in [0.05, 0.1) is 17.4 Å². The summed E-state index contributed by atoms with van der Waals surface area (Å²) in [7, 11) is 0. The summed E-state index contributed by atoms with van der Waals surface area (Å²) in [4.78, 5) is 22.1. The van der Waals surface area contributed by atoms with Crippen molar-refractivity contribution in [2.75, 3.05) is 0 Å². The second-order valence-corrected chi connectivity index (χ2v) is 6.73. The second kappa shape index (κ2) is 9.29. The Labute approximate surface area is 187 Å². The molecule has 0 saturated heterocycles. The zero-order valence-corrected chi connectivity index (χ0v) is 16.9. The molecule has 34 heavy (non-hydrogen) atoms. The van der Waals surface area contributed by atoms with Gasteiger partial charge >= 0.3 is 12.4 Å². The fraction of sp³-hybridized carbons (Fsp3) is 0.0952. The van der Waals surface area contributed by atoms with Crippen molar-refractivity contribution >= 4 is 34.6 Å². The molecule has 176 valence electrons. The maximum atomic E-state index is 12.9. The van der Waals surface area contributed by atoms with Gasteiger partial charge in [0.25, 0.3) is 5.91 Å². The van der Waals surface area contributed by atoms with Crippen molar-refractivity contribution in [3.05, 3.63) is 77.4 Å². The molecule has 0 fully saturated rings. The average molecular weight is 480 g/mol. The lowest BCUT2D eigenvalue weighted by Gasteiger charge is -2.12. The van der Waals surface area contributed by atoms with Crippen LogP contribution in [0.5, 0.6) is 0 Å². The number of pyridine rings is 2. The molecule has 0 unspecified atom stereocenters. The van der Waals surface area contributed by atoms with Crippen LogP contribution in [0.25, 0.3) is 16.5 Å². The van der Waals surface area contributed by atoms with Crippen LogP contribution in [0.2, 0.25) is 0 Å². The Morgan fingerprint density at radius 2 is 1.65 bits per heavy atom. The van der Waals surface area contributed by atoms with Gasteiger partial charge in [-0.05, 0) is 35.9 Å². The Kier molecular flexibility index (Phi) is 6.66. The van der Waals surface area contributed by atoms with Crippen molar-refractivity contribution in [3.8, 4) is 0 Å². The largest absolute Gasteiger partial charge is 0.433 e. The quantitative estimate of drug-likeness (QED) is 0.220. The Bertz CT molecular complexity index is 1280. The Hall–Kier alpha value is -4.29. The third-order valence-corrected chi connectivity index (χ3v) is 4.35. The highest BCUT2D eigenvalue weighted by molar-refractivity contribution is 6.19. The van der Waals surface area contributed by atoms with E-state index in [0.717, 1.165) is 17.9 Å². The number of nitrogens with one attached hydrogen (secondary N) is 2. The number of nitrogens with two attached hydrogens (primary N) is 1. The zero-order valence-electron chi connectivity index (χ0n) is 16.9. The van der Waals surface area contributed by atoms with Crippen molar-refractivity contribution in [1.29, 1.82) is 5.41 Å². The minimum atomic E-state index is -5.16. The topological polar surface area (TPSA) is 117 Å². The molecule has 0 atom stereocenters. The van der Waals surface area contributed by atoms with E-state index in [4.69, 9.17) is 11.1 Å². The number of carbonyl (C=O) groups excluding carboxylic acids is 1. The summed E-state index contributed by atoms with van der Waals surface area (Å²) in [6.45, 7) is 0. The second-order valence-electron chi connectivity index (χ2n) is 6.73. The Morgan fingerprint density at radius 1 is 1.00 bits per heavy atom. The van der Waals surface area contributed by atoms with Crippen LogP contribution in [0.1, 0.15) is 22.5 Å². The third-order valence-electron chi connectivity index (χ3n) is 4.35. The van der Waals surface area contributed by atoms with Gasteiger partial charge in [0.1, 0.15) is 11.4 Å². The van der Waals surface area contributed by atoms with Crippen molar-refractivity contribution < 1.29 is 31.1 Å². The summed E-state index contributed by atoms with van der Waals surface area (Å²) >= 11 is 0. The molecule has 3 aromatic rings. The number of hydrogen-bond acceptors (Lipinski definition) is 4. The first-order chi connectivity index (χ1) is 15.9. The van der Waals surface area contributed by atoms with Gasteiger partial charge in [0, 0.05) is 23.3 Å². The van der Waals surface area contributed by atoms with Crippen LogP contribution < -0.4 is 11.1 Å². The molecular weight excluding hydrogens is 466 g/mol. The number of rotatable bonds is 5. The van der Waals surface area contributed by atoms with Crippen LogP contribution in [0, 0.1) is 5.41 Å². The van der Waals surface area contributed by atoms with Gasteiger partial charge in [-0.15, -0.1) is 0 Å². The van der Waals surface area contributed by atoms with Crippen molar-refractivity contribution in [3.63, 3.8) is 0 Å². The third kappa shape index (κ3) is 5.74. The molecule has 0 aliphatic carbocycles. The van der Waals surface area contributed by atoms with E-state index in [1.165, 1.54) is 0 Å². The minimum absolute atomic E-state index is 0.00589. The molecule has 2 aromatic heterocycles. The minimum Gasteiger partial charge on any atom is -0.366 e. The number of primary amides is 1. The van der Waals surface area contributed by atoms with Crippen molar-refractivity contribution in [2.24, 2.45) is 10.7 Å². The van der Waals surface area contributed by atoms with Crippen molar-refractivity contribution in [1.82, 2.24) is 15.3 Å². The number of fused-ring (bicyclic) bond motifs is 1. The lowest BCUT2D eigenvalue weighted by Crippen LogP contribution is -2.17. The maximum Gasteiger partial charge on any atom is 0.433 e. The molecule has 2 heterocycles. The number of amidine groups is 1. The van der Waals surface area contributed by atoms with Gasteiger partial charge in [-0.3, -0.25) is 15.2 Å². The molecule has 0 spiro atoms. The van der Waals surface area contributed by atoms with Gasteiger partial charge in [-0.2, -0.15) is 26.3 Å². The Morgan fingerprint density at radius 3 is 2.24 bits per heavy atom. The summed E-state index contributed by atoms with van der Waals surface area (Å²) in [5, 5.41) is 10.9. The molecule has 0 aliphatic heterocycles. The molecule has 13 heteroatoms. The number of benzene rings is 1. The maximum absolute atomic E-state index is 12.9. The van der Waals surface area contributed by atoms with Gasteiger partial charge in [0.15, 0.2) is 5.84 Å². The highest BCUT2D eigenvalue weighted by atomic mass is 19.4. The van der Waals surface area contributed by atoms with Gasteiger partial charge in [0.2, 0.25) is 0 Å². The van der Waals surface area contributed by atoms with Crippen LogP contribution >= 0.6 is 0 Å². The van der Waals surface area contributed by atoms with Crippen LogP contribution in [0.15, 0.2) is 59.9 Å². The summed E-state index contributed by atoms with van der Waals surface area (Å²) in [5.41, 5.74) is 2.11. The van der Waals surface area contributed by atoms with Crippen molar-refractivity contribution in [2.45, 2.75) is 12.4 Å². The fourth-order valence-electron chi connectivity index (χ4n) is 2.79. The summed E-state index contributed by atoms with van der Waals surface area (Å²) in [6, 6.07) is 8.91. The number of aromatic nitrogens is 2. The molecule has 3 rings (SSSR count). The molecule has 0 radical (unpaired) electrons. The standard InChI is InChI=1S/C21H14F6N6O/c22-20(23,24)16-7-13(8-17(33-16)21(25,26)27)18(28)32-10-30-9-14(19(29)34)11-3-4-15-12(6-11)2-1-5-31-15/h1-10H,(H2,29,34)(H2,28,30,32)/b14-9+. The Balaban J connectivity index is 1.84. The first-order valence-corrected chi connectivity index (χ1v) is 9.25. The lowest BCUT2D eigenvalue weighted by molar-refractivity contribution is -0.150. The molecule has 0 aliphatic rings. The normalized spacial score (nSPS) is 12.8. The highest BCUT2D eigenvalue weighted by Gasteiger charge is 2.39. The smallest absolute Gasteiger partial charge is 0.366 e. The van der Waals surface area contributed by atoms with E-state index in [1.54, 1.807) is 36.5 Å². The van der Waals surface area contributed by atoms with E-state index < -0.39 is 41.0 Å². The monoisotopic (exact) mass is 480 g/mol. The van der Waals surface area contributed by atoms with Gasteiger partial charge in [-0.25, -0.2) is 9.98 Å². The number of hydrogen-bond donors (Lipinski definition) is 3. The SMILES string of the molecule is N=C(/N=C\N/C=C(/C(N)=O)c1ccc2ncccc2c1)c1cc(C(F)(F)F)nc(C(F)(F)F)c1. The molecular formula is C21H14F6N6O. The predicted molar refractivity (Wildman–Crippen MR) is 112 cm³/mol. The van der Waals surface area contributed by atoms with Crippen LogP contribution in [-0.2, 0) is 17.1 Å². The molecule has 7 nitrogen and oxygen atoms in total. The van der Waals surface area contributed by atoms with Gasteiger partial charge in [-0.1, -0.05) is 12.1 Å². The first kappa shape index (κ1) is 24.4.